The van der Waals surface area contributed by atoms with Gasteiger partial charge < -0.3 is 14.8 Å². The minimum atomic E-state index is 0.235. The molecule has 3 atom stereocenters. The highest BCUT2D eigenvalue weighted by Crippen LogP contribution is 2.52. The lowest BCUT2D eigenvalue weighted by molar-refractivity contribution is 0.351. The quantitative estimate of drug-likeness (QED) is 0.634. The van der Waals surface area contributed by atoms with Crippen LogP contribution in [0.2, 0.25) is 0 Å². The highest BCUT2D eigenvalue weighted by molar-refractivity contribution is 9.10. The van der Waals surface area contributed by atoms with Crippen molar-refractivity contribution in [2.45, 2.75) is 32.2 Å². The number of allylic oxidation sites excluding steroid dienone is 2. The molecule has 2 aliphatic rings. The Labute approximate surface area is 163 Å². The number of nitrogens with one attached hydrogen (secondary N) is 1. The Balaban J connectivity index is 1.83. The number of ether oxygens (including phenoxy) is 2. The molecule has 26 heavy (non-hydrogen) atoms. The van der Waals surface area contributed by atoms with E-state index in [9.17, 15) is 0 Å². The van der Waals surface area contributed by atoms with Crippen LogP contribution in [0.5, 0.6) is 11.5 Å². The molecule has 1 aliphatic heterocycles. The minimum Gasteiger partial charge on any atom is -0.493 e. The molecule has 0 spiro atoms. The predicted octanol–water partition coefficient (Wildman–Crippen LogP) is 5.91. The van der Waals surface area contributed by atoms with Crippen LogP contribution in [0.3, 0.4) is 0 Å². The molecule has 2 aromatic carbocycles. The summed E-state index contributed by atoms with van der Waals surface area (Å²) in [5.41, 5.74) is 6.59. The summed E-state index contributed by atoms with van der Waals surface area (Å²) >= 11 is 3.65. The van der Waals surface area contributed by atoms with E-state index in [0.29, 0.717) is 11.8 Å². The van der Waals surface area contributed by atoms with Crippen LogP contribution in [-0.2, 0) is 0 Å². The average molecular weight is 414 g/mol. The average Bonchev–Trinajstić information content (AvgIpc) is 3.13. The fraction of sp³-hybridized carbons (Fsp3) is 0.364. The Hall–Kier alpha value is -1.94. The van der Waals surface area contributed by atoms with Crippen LogP contribution in [0.25, 0.3) is 0 Å². The summed E-state index contributed by atoms with van der Waals surface area (Å²) in [5, 5.41) is 3.85. The number of benzene rings is 2. The van der Waals surface area contributed by atoms with Crippen molar-refractivity contribution in [3.05, 3.63) is 63.1 Å². The maximum Gasteiger partial charge on any atom is 0.174 e. The van der Waals surface area contributed by atoms with Gasteiger partial charge in [-0.05, 0) is 76.5 Å². The summed E-state index contributed by atoms with van der Waals surface area (Å²) in [5.74, 6) is 2.46. The first-order valence-corrected chi connectivity index (χ1v) is 9.79. The summed E-state index contributed by atoms with van der Waals surface area (Å²) in [7, 11) is 3.35. The van der Waals surface area contributed by atoms with E-state index < -0.39 is 0 Å². The van der Waals surface area contributed by atoms with Crippen LogP contribution in [-0.4, -0.2) is 14.2 Å². The van der Waals surface area contributed by atoms with Crippen LogP contribution in [0.4, 0.5) is 5.69 Å². The summed E-state index contributed by atoms with van der Waals surface area (Å²) in [4.78, 5) is 0. The molecule has 0 aromatic heterocycles. The molecule has 0 saturated carbocycles. The van der Waals surface area contributed by atoms with Crippen molar-refractivity contribution >= 4 is 21.6 Å². The molecule has 4 rings (SSSR count). The van der Waals surface area contributed by atoms with E-state index in [4.69, 9.17) is 9.47 Å². The molecular weight excluding hydrogens is 390 g/mol. The lowest BCUT2D eigenvalue weighted by atomic mass is 9.76. The summed E-state index contributed by atoms with van der Waals surface area (Å²) in [6.45, 7) is 4.39. The smallest absolute Gasteiger partial charge is 0.174 e. The molecular formula is C22H24BrNO2. The number of methoxy groups -OCH3 is 2. The SMILES string of the molecule is COc1cc([C@@H]2Nc3c(ccc(C)c3C)[C@@H]3C=CC[C@@H]32)cc(Br)c1OC. The standard InChI is InChI=1S/C22H24BrNO2/c1-12-8-9-17-15-6-5-7-16(15)21(24-20(17)13(12)2)14-10-18(23)22(26-4)19(11-14)25-3/h5-6,8-11,15-16,21,24H,7H2,1-4H3/t15-,16+,21+/m1/s1. The van der Waals surface area contributed by atoms with Gasteiger partial charge in [-0.25, -0.2) is 0 Å². The first-order valence-electron chi connectivity index (χ1n) is 8.99. The molecule has 1 heterocycles. The van der Waals surface area contributed by atoms with Gasteiger partial charge in [0.15, 0.2) is 11.5 Å². The van der Waals surface area contributed by atoms with Gasteiger partial charge in [-0.1, -0.05) is 24.3 Å². The molecule has 0 fully saturated rings. The molecule has 0 radical (unpaired) electrons. The molecule has 0 bridgehead atoms. The van der Waals surface area contributed by atoms with Gasteiger partial charge in [0.25, 0.3) is 0 Å². The predicted molar refractivity (Wildman–Crippen MR) is 110 cm³/mol. The van der Waals surface area contributed by atoms with Gasteiger partial charge >= 0.3 is 0 Å². The Bertz CT molecular complexity index is 890. The van der Waals surface area contributed by atoms with E-state index in [1.165, 1.54) is 27.9 Å². The van der Waals surface area contributed by atoms with E-state index in [-0.39, 0.29) is 6.04 Å². The second-order valence-corrected chi connectivity index (χ2v) is 8.04. The van der Waals surface area contributed by atoms with Crippen molar-refractivity contribution in [1.29, 1.82) is 0 Å². The Morgan fingerprint density at radius 1 is 1.12 bits per heavy atom. The normalized spacial score (nSPS) is 23.2. The van der Waals surface area contributed by atoms with Gasteiger partial charge in [0, 0.05) is 11.6 Å². The second-order valence-electron chi connectivity index (χ2n) is 7.19. The Morgan fingerprint density at radius 3 is 2.65 bits per heavy atom. The number of anilines is 1. The lowest BCUT2D eigenvalue weighted by Gasteiger charge is -2.39. The number of halogens is 1. The molecule has 0 saturated heterocycles. The van der Waals surface area contributed by atoms with Gasteiger partial charge in [0.1, 0.15) is 0 Å². The lowest BCUT2D eigenvalue weighted by Crippen LogP contribution is -2.29. The van der Waals surface area contributed by atoms with Gasteiger partial charge in [-0.2, -0.15) is 0 Å². The van der Waals surface area contributed by atoms with Crippen molar-refractivity contribution in [3.8, 4) is 11.5 Å². The van der Waals surface area contributed by atoms with Crippen molar-refractivity contribution in [2.75, 3.05) is 19.5 Å². The van der Waals surface area contributed by atoms with E-state index in [0.717, 1.165) is 22.4 Å². The fourth-order valence-corrected chi connectivity index (χ4v) is 4.99. The first-order chi connectivity index (χ1) is 12.5. The van der Waals surface area contributed by atoms with Crippen molar-refractivity contribution in [3.63, 3.8) is 0 Å². The summed E-state index contributed by atoms with van der Waals surface area (Å²) < 4.78 is 12.0. The van der Waals surface area contributed by atoms with Gasteiger partial charge in [-0.3, -0.25) is 0 Å². The Morgan fingerprint density at radius 2 is 1.92 bits per heavy atom. The highest BCUT2D eigenvalue weighted by Gasteiger charge is 2.39. The van der Waals surface area contributed by atoms with Crippen LogP contribution < -0.4 is 14.8 Å². The third kappa shape index (κ3) is 2.62. The first kappa shape index (κ1) is 17.5. The third-order valence-corrected chi connectivity index (χ3v) is 6.47. The molecule has 2 aromatic rings. The summed E-state index contributed by atoms with van der Waals surface area (Å²) in [6.07, 6.45) is 5.78. The molecule has 0 amide bonds. The number of aryl methyl sites for hydroxylation is 1. The molecule has 136 valence electrons. The van der Waals surface area contributed by atoms with Crippen molar-refractivity contribution in [1.82, 2.24) is 0 Å². The zero-order valence-corrected chi connectivity index (χ0v) is 17.2. The largest absolute Gasteiger partial charge is 0.493 e. The van der Waals surface area contributed by atoms with E-state index >= 15 is 0 Å². The van der Waals surface area contributed by atoms with E-state index in [1.807, 2.05) is 0 Å². The van der Waals surface area contributed by atoms with Crippen molar-refractivity contribution in [2.24, 2.45) is 5.92 Å². The number of fused-ring (bicyclic) bond motifs is 3. The number of rotatable bonds is 3. The van der Waals surface area contributed by atoms with E-state index in [2.05, 4.69) is 71.5 Å². The van der Waals surface area contributed by atoms with E-state index in [1.54, 1.807) is 14.2 Å². The zero-order valence-electron chi connectivity index (χ0n) is 15.6. The third-order valence-electron chi connectivity index (χ3n) is 5.88. The topological polar surface area (TPSA) is 30.5 Å². The molecule has 1 aliphatic carbocycles. The highest BCUT2D eigenvalue weighted by atomic mass is 79.9. The number of hydrogen-bond donors (Lipinski definition) is 1. The maximum absolute atomic E-state index is 5.57. The minimum absolute atomic E-state index is 0.235. The zero-order chi connectivity index (χ0) is 18.4. The molecule has 4 heteroatoms. The fourth-order valence-electron chi connectivity index (χ4n) is 4.37. The maximum atomic E-state index is 5.57. The second kappa shape index (κ2) is 6.66. The monoisotopic (exact) mass is 413 g/mol. The summed E-state index contributed by atoms with van der Waals surface area (Å²) in [6, 6.07) is 9.03. The Kier molecular flexibility index (Phi) is 4.47. The van der Waals surface area contributed by atoms with Crippen LogP contribution in [0.15, 0.2) is 40.9 Å². The number of hydrogen-bond acceptors (Lipinski definition) is 3. The molecule has 0 unspecified atom stereocenters. The van der Waals surface area contributed by atoms with Crippen LogP contribution >= 0.6 is 15.9 Å². The van der Waals surface area contributed by atoms with Gasteiger partial charge in [0.2, 0.25) is 0 Å². The molecule has 3 nitrogen and oxygen atoms in total. The van der Waals surface area contributed by atoms with Crippen LogP contribution in [0, 0.1) is 19.8 Å². The van der Waals surface area contributed by atoms with Crippen molar-refractivity contribution < 1.29 is 9.47 Å². The van der Waals surface area contributed by atoms with Gasteiger partial charge in [-0.15, -0.1) is 0 Å². The van der Waals surface area contributed by atoms with Crippen LogP contribution in [0.1, 0.15) is 40.6 Å². The van der Waals surface area contributed by atoms with Gasteiger partial charge in [0.05, 0.1) is 24.7 Å². The molecule has 1 N–H and O–H groups in total.